The summed E-state index contributed by atoms with van der Waals surface area (Å²) >= 11 is 0. The lowest BCUT2D eigenvalue weighted by Crippen LogP contribution is -2.28. The van der Waals surface area contributed by atoms with E-state index in [1.54, 1.807) is 17.7 Å². The molecular weight excluding hydrogens is 374 g/mol. The number of alkyl halides is 1. The van der Waals surface area contributed by atoms with Crippen LogP contribution in [0.4, 0.5) is 14.5 Å². The van der Waals surface area contributed by atoms with Crippen LogP contribution in [0.25, 0.3) is 16.2 Å². The zero-order valence-corrected chi connectivity index (χ0v) is 16.6. The van der Waals surface area contributed by atoms with Crippen molar-refractivity contribution < 1.29 is 8.78 Å². The van der Waals surface area contributed by atoms with E-state index in [1.165, 1.54) is 6.07 Å². The zero-order chi connectivity index (χ0) is 20.5. The minimum Gasteiger partial charge on any atom is -0.659 e. The van der Waals surface area contributed by atoms with Gasteiger partial charge in [-0.2, -0.15) is 12.3 Å². The first kappa shape index (κ1) is 18.6. The maximum atomic E-state index is 15.2. The number of aryl methyl sites for hydroxylation is 1. The fourth-order valence-corrected chi connectivity index (χ4v) is 5.08. The van der Waals surface area contributed by atoms with Gasteiger partial charge in [-0.25, -0.2) is 8.78 Å². The third kappa shape index (κ3) is 2.69. The van der Waals surface area contributed by atoms with Crippen LogP contribution in [0.3, 0.4) is 0 Å². The highest BCUT2D eigenvalue weighted by Crippen LogP contribution is 2.52. The van der Waals surface area contributed by atoms with Crippen LogP contribution in [0.5, 0.6) is 0 Å². The molecule has 1 aromatic heterocycles. The van der Waals surface area contributed by atoms with E-state index in [1.807, 2.05) is 11.9 Å². The Hall–Kier alpha value is -2.46. The van der Waals surface area contributed by atoms with Gasteiger partial charge in [0.15, 0.2) is 5.43 Å². The molecule has 5 nitrogen and oxygen atoms in total. The van der Waals surface area contributed by atoms with Crippen molar-refractivity contribution in [1.29, 1.82) is 5.26 Å². The Labute approximate surface area is 167 Å². The first-order valence-corrected chi connectivity index (χ1v) is 10.2. The van der Waals surface area contributed by atoms with E-state index >= 15 is 4.39 Å². The van der Waals surface area contributed by atoms with Crippen molar-refractivity contribution >= 4 is 16.6 Å². The highest BCUT2D eigenvalue weighted by Gasteiger charge is 2.44. The number of halogens is 2. The van der Waals surface area contributed by atoms with Gasteiger partial charge in [0.1, 0.15) is 23.6 Å². The Morgan fingerprint density at radius 3 is 2.69 bits per heavy atom. The lowest BCUT2D eigenvalue weighted by Gasteiger charge is -2.34. The number of nitrogens with zero attached hydrogens (tertiary/aromatic N) is 4. The molecule has 29 heavy (non-hydrogen) atoms. The highest BCUT2D eigenvalue weighted by atomic mass is 19.1. The molecular formula is C22H23F2N4O-. The molecule has 3 fully saturated rings. The summed E-state index contributed by atoms with van der Waals surface area (Å²) in [5.74, 6) is -0.220. The number of rotatable bonds is 4. The summed E-state index contributed by atoms with van der Waals surface area (Å²) in [6.45, 7) is 2.92. The van der Waals surface area contributed by atoms with Crippen molar-refractivity contribution in [2.45, 2.75) is 50.4 Å². The molecule has 2 saturated carbocycles. The fourth-order valence-electron chi connectivity index (χ4n) is 5.08. The fraction of sp³-hybridized carbons (Fsp3) is 0.545. The third-order valence-electron chi connectivity index (χ3n) is 7.04. The maximum absolute atomic E-state index is 15.2. The smallest absolute Gasteiger partial charge is 0.192 e. The predicted molar refractivity (Wildman–Crippen MR) is 108 cm³/mol. The number of pyridine rings is 1. The van der Waals surface area contributed by atoms with Gasteiger partial charge >= 0.3 is 0 Å². The topological polar surface area (TPSA) is 63.1 Å². The second-order valence-electron chi connectivity index (χ2n) is 8.72. The van der Waals surface area contributed by atoms with Crippen molar-refractivity contribution in [2.24, 2.45) is 5.92 Å². The Morgan fingerprint density at radius 1 is 1.38 bits per heavy atom. The SMILES string of the molecule is C[N-]C1([C@@H]2CCN(c3c(F)cc4c(=O)c(C)cn([C@@H]5C[C@@H]5F)c4c3C#N)C2)CC1. The largest absolute Gasteiger partial charge is 0.659 e. The van der Waals surface area contributed by atoms with Crippen molar-refractivity contribution in [3.05, 3.63) is 44.7 Å². The van der Waals surface area contributed by atoms with Gasteiger partial charge in [0.2, 0.25) is 0 Å². The van der Waals surface area contributed by atoms with Gasteiger partial charge in [-0.05, 0) is 25.3 Å². The van der Waals surface area contributed by atoms with E-state index < -0.39 is 18.0 Å². The second kappa shape index (κ2) is 6.27. The Kier molecular flexibility index (Phi) is 4.01. The summed E-state index contributed by atoms with van der Waals surface area (Å²) in [6.07, 6.45) is 3.98. The van der Waals surface area contributed by atoms with Gasteiger partial charge in [0.05, 0.1) is 22.6 Å². The lowest BCUT2D eigenvalue weighted by atomic mass is 9.96. The predicted octanol–water partition coefficient (Wildman–Crippen LogP) is 3.97. The van der Waals surface area contributed by atoms with Crippen LogP contribution in [0, 0.1) is 30.0 Å². The van der Waals surface area contributed by atoms with Gasteiger partial charge in [0.25, 0.3) is 0 Å². The molecule has 0 amide bonds. The van der Waals surface area contributed by atoms with E-state index in [0.717, 1.165) is 19.3 Å². The van der Waals surface area contributed by atoms with Gasteiger partial charge in [0, 0.05) is 31.3 Å². The van der Waals surface area contributed by atoms with Crippen LogP contribution < -0.4 is 10.3 Å². The number of hydrogen-bond donors (Lipinski definition) is 0. The molecule has 3 aliphatic rings. The first-order chi connectivity index (χ1) is 13.9. The van der Waals surface area contributed by atoms with Crippen LogP contribution in [0.1, 0.15) is 42.9 Å². The van der Waals surface area contributed by atoms with E-state index in [0.29, 0.717) is 36.5 Å². The molecule has 1 saturated heterocycles. The number of anilines is 1. The number of fused-ring (bicyclic) bond motifs is 1. The molecule has 0 spiro atoms. The standard InChI is InChI=1S/C22H23F2N4O/c1-12-10-28(18-8-16(18)23)19-14(21(12)29)7-17(24)20(15(19)9-25)27-6-3-13(11-27)22(26-2)4-5-22/h7,10,13,16,18H,3-6,8,11H2,1-2H3/q-1/t13-,16+,18-/m1/s1. The summed E-state index contributed by atoms with van der Waals surface area (Å²) < 4.78 is 30.8. The first-order valence-electron chi connectivity index (χ1n) is 10.2. The summed E-state index contributed by atoms with van der Waals surface area (Å²) in [5, 5.41) is 14.7. The quantitative estimate of drug-likeness (QED) is 0.784. The minimum atomic E-state index is -1.00. The summed E-state index contributed by atoms with van der Waals surface area (Å²) in [4.78, 5) is 14.6. The molecule has 152 valence electrons. The number of hydrogen-bond acceptors (Lipinski definition) is 3. The molecule has 2 aliphatic carbocycles. The molecule has 5 rings (SSSR count). The lowest BCUT2D eigenvalue weighted by molar-refractivity contribution is 0.444. The van der Waals surface area contributed by atoms with E-state index in [2.05, 4.69) is 11.4 Å². The van der Waals surface area contributed by atoms with Crippen LogP contribution >= 0.6 is 0 Å². The number of aromatic nitrogens is 1. The van der Waals surface area contributed by atoms with Gasteiger partial charge in [-0.3, -0.25) is 4.79 Å². The molecule has 2 heterocycles. The monoisotopic (exact) mass is 397 g/mol. The minimum absolute atomic E-state index is 0.00352. The Bertz CT molecular complexity index is 1110. The third-order valence-corrected chi connectivity index (χ3v) is 7.04. The zero-order valence-electron chi connectivity index (χ0n) is 16.6. The average molecular weight is 397 g/mol. The van der Waals surface area contributed by atoms with Crippen LogP contribution in [-0.2, 0) is 0 Å². The number of nitriles is 1. The van der Waals surface area contributed by atoms with E-state index in [4.69, 9.17) is 0 Å². The van der Waals surface area contributed by atoms with Crippen LogP contribution in [-0.4, -0.2) is 36.4 Å². The summed E-state index contributed by atoms with van der Waals surface area (Å²) in [6, 6.07) is 2.97. The Balaban J connectivity index is 1.67. The van der Waals surface area contributed by atoms with E-state index in [9.17, 15) is 14.4 Å². The second-order valence-corrected chi connectivity index (χ2v) is 8.72. The number of benzene rings is 1. The van der Waals surface area contributed by atoms with Crippen LogP contribution in [0.15, 0.2) is 17.1 Å². The highest BCUT2D eigenvalue weighted by molar-refractivity contribution is 5.91. The average Bonchev–Trinajstić information content (AvgIpc) is 3.61. The van der Waals surface area contributed by atoms with Crippen LogP contribution in [0.2, 0.25) is 0 Å². The molecule has 0 radical (unpaired) electrons. The molecule has 1 aromatic carbocycles. The maximum Gasteiger partial charge on any atom is 0.192 e. The summed E-state index contributed by atoms with van der Waals surface area (Å²) in [7, 11) is 1.84. The molecule has 2 aromatic rings. The Morgan fingerprint density at radius 2 is 2.10 bits per heavy atom. The summed E-state index contributed by atoms with van der Waals surface area (Å²) in [5.41, 5.74) is 0.847. The van der Waals surface area contributed by atoms with Crippen molar-refractivity contribution in [3.63, 3.8) is 0 Å². The van der Waals surface area contributed by atoms with Gasteiger partial charge in [-0.1, -0.05) is 12.8 Å². The molecule has 0 N–H and O–H groups in total. The van der Waals surface area contributed by atoms with Gasteiger partial charge in [-0.15, -0.1) is 5.54 Å². The normalized spacial score (nSPS) is 27.3. The molecule has 1 aliphatic heterocycles. The van der Waals surface area contributed by atoms with Crippen molar-refractivity contribution in [1.82, 2.24) is 4.57 Å². The molecule has 0 unspecified atom stereocenters. The van der Waals surface area contributed by atoms with Crippen molar-refractivity contribution in [3.8, 4) is 6.07 Å². The molecule has 3 atom stereocenters. The molecule has 0 bridgehead atoms. The van der Waals surface area contributed by atoms with Gasteiger partial charge < -0.3 is 14.8 Å². The molecule has 7 heteroatoms. The van der Waals surface area contributed by atoms with E-state index in [-0.39, 0.29) is 27.6 Å². The van der Waals surface area contributed by atoms with Crippen molar-refractivity contribution in [2.75, 3.05) is 25.0 Å².